The molecule has 0 aromatic heterocycles. The zero-order chi connectivity index (χ0) is 31.9. The van der Waals surface area contributed by atoms with Crippen LogP contribution >= 0.6 is 0 Å². The molecule has 1 aliphatic heterocycles. The van der Waals surface area contributed by atoms with Crippen LogP contribution in [-0.2, 0) is 28.7 Å². The zero-order valence-electron chi connectivity index (χ0n) is 26.2. The molecule has 0 aromatic carbocycles. The SMILES string of the molecule is CC1=C(C)C(=O)C(CCCOC(=O)NCCC[C@H](NC(=O)[C@@H]2CCCN2C(=O)OC(C)(C)C)C(=O)NC2CC2)=C(C)C1=O. The lowest BCUT2D eigenvalue weighted by atomic mass is 9.84. The average molecular weight is 603 g/mol. The smallest absolute Gasteiger partial charge is 0.410 e. The number of amides is 4. The number of likely N-dealkylation sites (tertiary alicyclic amines) is 1. The monoisotopic (exact) mass is 602 g/mol. The van der Waals surface area contributed by atoms with Gasteiger partial charge >= 0.3 is 12.2 Å². The Morgan fingerprint density at radius 1 is 0.953 bits per heavy atom. The third-order valence-electron chi connectivity index (χ3n) is 7.79. The Morgan fingerprint density at radius 3 is 2.28 bits per heavy atom. The van der Waals surface area contributed by atoms with Crippen molar-refractivity contribution in [2.45, 2.75) is 117 Å². The molecule has 2 aliphatic carbocycles. The number of ketones is 2. The fourth-order valence-corrected chi connectivity index (χ4v) is 5.06. The van der Waals surface area contributed by atoms with E-state index < -0.39 is 35.8 Å². The van der Waals surface area contributed by atoms with Crippen molar-refractivity contribution in [3.05, 3.63) is 22.3 Å². The van der Waals surface area contributed by atoms with E-state index in [0.717, 1.165) is 12.8 Å². The van der Waals surface area contributed by atoms with Crippen LogP contribution in [0, 0.1) is 0 Å². The van der Waals surface area contributed by atoms with Gasteiger partial charge in [-0.1, -0.05) is 0 Å². The molecule has 1 saturated carbocycles. The van der Waals surface area contributed by atoms with Gasteiger partial charge in [0.25, 0.3) is 0 Å². The van der Waals surface area contributed by atoms with Crippen molar-refractivity contribution in [1.82, 2.24) is 20.9 Å². The van der Waals surface area contributed by atoms with Crippen molar-refractivity contribution in [2.24, 2.45) is 0 Å². The van der Waals surface area contributed by atoms with Gasteiger partial charge in [-0.2, -0.15) is 0 Å². The standard InChI is InChI=1S/C31H46N4O8/c1-18-19(2)26(37)22(20(3)25(18)36)10-9-17-42-29(40)32-15-7-11-23(27(38)33-21-13-14-21)34-28(39)24-12-8-16-35(24)30(41)43-31(4,5)6/h21,23-24H,7-17H2,1-6H3,(H,32,40)(H,33,38)(H,34,39)/t23-,24-/m0/s1. The average Bonchev–Trinajstić information content (AvgIpc) is 3.60. The third kappa shape index (κ3) is 9.65. The molecule has 238 valence electrons. The Labute approximate surface area is 253 Å². The number of rotatable bonds is 12. The normalized spacial score (nSPS) is 19.8. The van der Waals surface area contributed by atoms with E-state index in [2.05, 4.69) is 16.0 Å². The number of hydrogen-bond donors (Lipinski definition) is 3. The number of nitrogens with one attached hydrogen (secondary N) is 3. The molecule has 12 heteroatoms. The summed E-state index contributed by atoms with van der Waals surface area (Å²) in [4.78, 5) is 77.1. The summed E-state index contributed by atoms with van der Waals surface area (Å²) in [6.07, 6.45) is 3.13. The molecule has 0 bridgehead atoms. The second-order valence-electron chi connectivity index (χ2n) is 12.5. The number of allylic oxidation sites excluding steroid dienone is 4. The summed E-state index contributed by atoms with van der Waals surface area (Å²) in [5.41, 5.74) is 1.13. The highest BCUT2D eigenvalue weighted by Gasteiger charge is 2.38. The largest absolute Gasteiger partial charge is 0.450 e. The molecule has 3 N–H and O–H groups in total. The molecule has 3 rings (SSSR count). The van der Waals surface area contributed by atoms with E-state index in [1.807, 2.05) is 0 Å². The molecule has 0 radical (unpaired) electrons. The molecule has 12 nitrogen and oxygen atoms in total. The van der Waals surface area contributed by atoms with Crippen LogP contribution in [0.15, 0.2) is 22.3 Å². The van der Waals surface area contributed by atoms with Crippen LogP contribution in [0.4, 0.5) is 9.59 Å². The second kappa shape index (κ2) is 14.7. The summed E-state index contributed by atoms with van der Waals surface area (Å²) < 4.78 is 10.7. The molecular weight excluding hydrogens is 556 g/mol. The van der Waals surface area contributed by atoms with Crippen LogP contribution in [0.25, 0.3) is 0 Å². The molecule has 0 unspecified atom stereocenters. The molecule has 2 fully saturated rings. The first-order valence-corrected chi connectivity index (χ1v) is 15.2. The molecule has 4 amide bonds. The maximum atomic E-state index is 13.2. The predicted molar refractivity (Wildman–Crippen MR) is 158 cm³/mol. The summed E-state index contributed by atoms with van der Waals surface area (Å²) in [5.74, 6) is -0.969. The number of carbonyl (C=O) groups excluding carboxylic acids is 6. The molecule has 2 atom stereocenters. The minimum absolute atomic E-state index is 0.0733. The van der Waals surface area contributed by atoms with Crippen molar-refractivity contribution < 1.29 is 38.2 Å². The Bertz CT molecular complexity index is 1190. The number of ether oxygens (including phenoxy) is 2. The van der Waals surface area contributed by atoms with Crippen LogP contribution in [0.2, 0.25) is 0 Å². The first-order chi connectivity index (χ1) is 20.2. The van der Waals surface area contributed by atoms with E-state index in [-0.39, 0.29) is 43.1 Å². The Kier molecular flexibility index (Phi) is 11.5. The first kappa shape index (κ1) is 33.8. The maximum Gasteiger partial charge on any atom is 0.410 e. The van der Waals surface area contributed by atoms with E-state index in [4.69, 9.17) is 9.47 Å². The van der Waals surface area contributed by atoms with Gasteiger partial charge in [-0.15, -0.1) is 0 Å². The molecule has 43 heavy (non-hydrogen) atoms. The number of carbonyl (C=O) groups is 6. The first-order valence-electron chi connectivity index (χ1n) is 15.2. The van der Waals surface area contributed by atoms with Crippen LogP contribution in [-0.4, -0.2) is 83.9 Å². The van der Waals surface area contributed by atoms with Gasteiger partial charge in [-0.05, 0) is 92.9 Å². The summed E-state index contributed by atoms with van der Waals surface area (Å²) in [6.45, 7) is 10.9. The van der Waals surface area contributed by atoms with Crippen LogP contribution in [0.1, 0.15) is 92.9 Å². The molecule has 0 aromatic rings. The topological polar surface area (TPSA) is 160 Å². The van der Waals surface area contributed by atoms with E-state index >= 15 is 0 Å². The lowest BCUT2D eigenvalue weighted by molar-refractivity contribution is -0.131. The highest BCUT2D eigenvalue weighted by Crippen LogP contribution is 2.27. The van der Waals surface area contributed by atoms with E-state index in [9.17, 15) is 28.8 Å². The maximum absolute atomic E-state index is 13.2. The molecule has 0 spiro atoms. The second-order valence-corrected chi connectivity index (χ2v) is 12.5. The molecular formula is C31H46N4O8. The van der Waals surface area contributed by atoms with Crippen molar-refractivity contribution in [3.8, 4) is 0 Å². The number of Topliss-reactive ketones (excluding diaryl/α,β-unsaturated/α-hetero) is 2. The van der Waals surface area contributed by atoms with Crippen molar-refractivity contribution >= 4 is 35.6 Å². The summed E-state index contributed by atoms with van der Waals surface area (Å²) in [7, 11) is 0. The summed E-state index contributed by atoms with van der Waals surface area (Å²) in [5, 5.41) is 8.37. The van der Waals surface area contributed by atoms with Gasteiger partial charge in [-0.25, -0.2) is 9.59 Å². The summed E-state index contributed by atoms with van der Waals surface area (Å²) >= 11 is 0. The Hall–Kier alpha value is -3.70. The number of hydrogen-bond acceptors (Lipinski definition) is 8. The van der Waals surface area contributed by atoms with E-state index in [1.54, 1.807) is 41.5 Å². The van der Waals surface area contributed by atoms with Gasteiger partial charge in [0.1, 0.15) is 17.7 Å². The van der Waals surface area contributed by atoms with Crippen LogP contribution in [0.5, 0.6) is 0 Å². The van der Waals surface area contributed by atoms with Gasteiger partial charge in [0.05, 0.1) is 6.61 Å². The van der Waals surface area contributed by atoms with E-state index in [1.165, 1.54) is 4.90 Å². The molecule has 1 heterocycles. The Balaban J connectivity index is 1.43. The minimum Gasteiger partial charge on any atom is -0.450 e. The fourth-order valence-electron chi connectivity index (χ4n) is 5.06. The quantitative estimate of drug-likeness (QED) is 0.227. The predicted octanol–water partition coefficient (Wildman–Crippen LogP) is 3.24. The lowest BCUT2D eigenvalue weighted by Gasteiger charge is -2.29. The van der Waals surface area contributed by atoms with Gasteiger partial charge in [0, 0.05) is 41.4 Å². The van der Waals surface area contributed by atoms with Gasteiger partial charge in [0.2, 0.25) is 11.8 Å². The minimum atomic E-state index is -0.819. The number of alkyl carbamates (subject to hydrolysis) is 1. The van der Waals surface area contributed by atoms with Crippen LogP contribution < -0.4 is 16.0 Å². The molecule has 3 aliphatic rings. The van der Waals surface area contributed by atoms with Crippen molar-refractivity contribution in [3.63, 3.8) is 0 Å². The summed E-state index contributed by atoms with van der Waals surface area (Å²) in [6, 6.07) is -1.43. The third-order valence-corrected chi connectivity index (χ3v) is 7.79. The van der Waals surface area contributed by atoms with Crippen molar-refractivity contribution in [1.29, 1.82) is 0 Å². The van der Waals surface area contributed by atoms with Crippen LogP contribution in [0.3, 0.4) is 0 Å². The Morgan fingerprint density at radius 2 is 1.63 bits per heavy atom. The van der Waals surface area contributed by atoms with Gasteiger partial charge in [0.15, 0.2) is 11.6 Å². The van der Waals surface area contributed by atoms with E-state index in [0.29, 0.717) is 60.9 Å². The zero-order valence-corrected chi connectivity index (χ0v) is 26.2. The van der Waals surface area contributed by atoms with Gasteiger partial charge in [-0.3, -0.25) is 24.1 Å². The van der Waals surface area contributed by atoms with Gasteiger partial charge < -0.3 is 25.4 Å². The highest BCUT2D eigenvalue weighted by atomic mass is 16.6. The number of nitrogens with zero attached hydrogens (tertiary/aromatic N) is 1. The van der Waals surface area contributed by atoms with Crippen molar-refractivity contribution in [2.75, 3.05) is 19.7 Å². The fraction of sp³-hybridized carbons (Fsp3) is 0.677. The highest BCUT2D eigenvalue weighted by molar-refractivity contribution is 6.24. The molecule has 1 saturated heterocycles. The lowest BCUT2D eigenvalue weighted by Crippen LogP contribution is -2.54.